The van der Waals surface area contributed by atoms with Crippen molar-refractivity contribution in [3.05, 3.63) is 35.4 Å². The van der Waals surface area contributed by atoms with E-state index in [1.807, 2.05) is 0 Å². The molecule has 0 fully saturated rings. The number of fused-ring (bicyclic) bond motifs is 1. The van der Waals surface area contributed by atoms with Crippen LogP contribution in [0.1, 0.15) is 18.1 Å². The minimum Gasteiger partial charge on any atom is -0.370 e. The Hall–Kier alpha value is -1.57. The fourth-order valence-electron chi connectivity index (χ4n) is 1.80. The summed E-state index contributed by atoms with van der Waals surface area (Å²) >= 11 is 0. The second-order valence-corrected chi connectivity index (χ2v) is 3.83. The van der Waals surface area contributed by atoms with Crippen LogP contribution in [0.2, 0.25) is 0 Å². The van der Waals surface area contributed by atoms with E-state index in [0.29, 0.717) is 0 Å². The summed E-state index contributed by atoms with van der Waals surface area (Å²) in [6.45, 7) is 7.18. The van der Waals surface area contributed by atoms with Crippen molar-refractivity contribution in [1.29, 1.82) is 0 Å². The molecular weight excluding hydrogens is 184 g/mol. The molecule has 1 aromatic carbocycles. The largest absolute Gasteiger partial charge is 0.370 e. The van der Waals surface area contributed by atoms with Crippen molar-refractivity contribution in [3.8, 4) is 0 Å². The van der Waals surface area contributed by atoms with Gasteiger partial charge in [0.2, 0.25) is 0 Å². The zero-order chi connectivity index (χ0) is 10.8. The molecule has 0 bridgehead atoms. The predicted octanol–water partition coefficient (Wildman–Crippen LogP) is 3.28. The monoisotopic (exact) mass is 200 g/mol. The fraction of sp³-hybridized carbons (Fsp3) is 0.308. The maximum absolute atomic E-state index is 4.65. The average Bonchev–Trinajstić information content (AvgIpc) is 2.21. The van der Waals surface area contributed by atoms with Gasteiger partial charge >= 0.3 is 0 Å². The zero-order valence-electron chi connectivity index (χ0n) is 9.46. The normalized spacial score (nSPS) is 10.6. The van der Waals surface area contributed by atoms with Crippen LogP contribution in [0.4, 0.5) is 5.82 Å². The molecule has 0 amide bonds. The summed E-state index contributed by atoms with van der Waals surface area (Å²) in [6, 6.07) is 8.47. The number of para-hydroxylation sites is 1. The van der Waals surface area contributed by atoms with E-state index in [0.717, 1.165) is 17.9 Å². The van der Waals surface area contributed by atoms with Crippen molar-refractivity contribution in [2.45, 2.75) is 20.8 Å². The lowest BCUT2D eigenvalue weighted by Crippen LogP contribution is -2.02. The van der Waals surface area contributed by atoms with Crippen LogP contribution in [0.5, 0.6) is 0 Å². The number of aryl methyl sites for hydroxylation is 2. The molecule has 0 aliphatic rings. The van der Waals surface area contributed by atoms with Crippen LogP contribution in [0, 0.1) is 13.8 Å². The highest BCUT2D eigenvalue weighted by atomic mass is 15.0. The van der Waals surface area contributed by atoms with Gasteiger partial charge in [-0.1, -0.05) is 18.2 Å². The lowest BCUT2D eigenvalue weighted by Gasteiger charge is -2.09. The molecule has 1 N–H and O–H groups in total. The Morgan fingerprint density at radius 1 is 1.20 bits per heavy atom. The molecule has 0 aliphatic heterocycles. The summed E-state index contributed by atoms with van der Waals surface area (Å²) in [5.74, 6) is 0.999. The SMILES string of the molecule is CCNc1nc2c(C)cccc2cc1C. The molecule has 0 saturated carbocycles. The molecule has 15 heavy (non-hydrogen) atoms. The number of aromatic nitrogens is 1. The highest BCUT2D eigenvalue weighted by molar-refractivity contribution is 5.84. The Balaban J connectivity index is 2.66. The Morgan fingerprint density at radius 2 is 2.00 bits per heavy atom. The average molecular weight is 200 g/mol. The number of nitrogens with zero attached hydrogens (tertiary/aromatic N) is 1. The summed E-state index contributed by atoms with van der Waals surface area (Å²) in [7, 11) is 0. The first kappa shape index (κ1) is 9.97. The number of nitrogens with one attached hydrogen (secondary N) is 1. The van der Waals surface area contributed by atoms with E-state index in [2.05, 4.69) is 55.3 Å². The minimum absolute atomic E-state index is 0.908. The van der Waals surface area contributed by atoms with Crippen LogP contribution in [0.25, 0.3) is 10.9 Å². The molecule has 78 valence electrons. The van der Waals surface area contributed by atoms with E-state index < -0.39 is 0 Å². The van der Waals surface area contributed by atoms with E-state index in [1.165, 1.54) is 16.5 Å². The molecule has 0 radical (unpaired) electrons. The number of hydrogen-bond acceptors (Lipinski definition) is 2. The Morgan fingerprint density at radius 3 is 2.73 bits per heavy atom. The van der Waals surface area contributed by atoms with Crippen LogP contribution in [0.3, 0.4) is 0 Å². The minimum atomic E-state index is 0.908. The second kappa shape index (κ2) is 3.89. The summed E-state index contributed by atoms with van der Waals surface area (Å²) < 4.78 is 0. The molecule has 0 spiro atoms. The molecule has 2 aromatic rings. The van der Waals surface area contributed by atoms with Crippen LogP contribution < -0.4 is 5.32 Å². The van der Waals surface area contributed by atoms with Crippen LogP contribution in [-0.4, -0.2) is 11.5 Å². The van der Waals surface area contributed by atoms with E-state index in [9.17, 15) is 0 Å². The van der Waals surface area contributed by atoms with Gasteiger partial charge in [0.1, 0.15) is 5.82 Å². The molecule has 0 atom stereocenters. The zero-order valence-corrected chi connectivity index (χ0v) is 9.46. The molecule has 0 aliphatic carbocycles. The number of benzene rings is 1. The van der Waals surface area contributed by atoms with Gasteiger partial charge in [-0.25, -0.2) is 4.98 Å². The number of anilines is 1. The van der Waals surface area contributed by atoms with Crippen molar-refractivity contribution in [2.75, 3.05) is 11.9 Å². The van der Waals surface area contributed by atoms with Gasteiger partial charge in [-0.3, -0.25) is 0 Å². The van der Waals surface area contributed by atoms with Gasteiger partial charge in [-0.2, -0.15) is 0 Å². The molecule has 2 nitrogen and oxygen atoms in total. The third kappa shape index (κ3) is 1.80. The molecule has 0 saturated heterocycles. The first-order valence-electron chi connectivity index (χ1n) is 5.33. The maximum Gasteiger partial charge on any atom is 0.129 e. The number of pyridine rings is 1. The van der Waals surface area contributed by atoms with Crippen molar-refractivity contribution in [3.63, 3.8) is 0 Å². The van der Waals surface area contributed by atoms with E-state index in [-0.39, 0.29) is 0 Å². The summed E-state index contributed by atoms with van der Waals surface area (Å²) in [5, 5.41) is 4.50. The van der Waals surface area contributed by atoms with Gasteiger partial charge in [0, 0.05) is 11.9 Å². The van der Waals surface area contributed by atoms with Gasteiger partial charge in [-0.05, 0) is 38.0 Å². The van der Waals surface area contributed by atoms with Gasteiger partial charge in [0.25, 0.3) is 0 Å². The standard InChI is InChI=1S/C13H16N2/c1-4-14-13-10(3)8-11-7-5-6-9(2)12(11)15-13/h5-8H,4H2,1-3H3,(H,14,15). The molecular formula is C13H16N2. The van der Waals surface area contributed by atoms with Crippen molar-refractivity contribution < 1.29 is 0 Å². The van der Waals surface area contributed by atoms with Gasteiger partial charge in [0.15, 0.2) is 0 Å². The first-order chi connectivity index (χ1) is 7.22. The van der Waals surface area contributed by atoms with Crippen LogP contribution >= 0.6 is 0 Å². The first-order valence-corrected chi connectivity index (χ1v) is 5.33. The van der Waals surface area contributed by atoms with E-state index >= 15 is 0 Å². The lowest BCUT2D eigenvalue weighted by atomic mass is 10.1. The van der Waals surface area contributed by atoms with Crippen molar-refractivity contribution in [1.82, 2.24) is 4.98 Å². The van der Waals surface area contributed by atoms with Gasteiger partial charge < -0.3 is 5.32 Å². The molecule has 0 unspecified atom stereocenters. The topological polar surface area (TPSA) is 24.9 Å². The molecule has 2 heteroatoms. The summed E-state index contributed by atoms with van der Waals surface area (Å²) in [4.78, 5) is 4.65. The number of rotatable bonds is 2. The summed E-state index contributed by atoms with van der Waals surface area (Å²) in [6.07, 6.45) is 0. The van der Waals surface area contributed by atoms with Crippen LogP contribution in [0.15, 0.2) is 24.3 Å². The molecule has 1 aromatic heterocycles. The Labute approximate surface area is 90.3 Å². The third-order valence-corrected chi connectivity index (χ3v) is 2.58. The third-order valence-electron chi connectivity index (χ3n) is 2.58. The molecule has 1 heterocycles. The Kier molecular flexibility index (Phi) is 2.58. The van der Waals surface area contributed by atoms with Crippen LogP contribution in [-0.2, 0) is 0 Å². The van der Waals surface area contributed by atoms with E-state index in [4.69, 9.17) is 0 Å². The van der Waals surface area contributed by atoms with Gasteiger partial charge in [0.05, 0.1) is 5.52 Å². The fourth-order valence-corrected chi connectivity index (χ4v) is 1.80. The van der Waals surface area contributed by atoms with Crippen molar-refractivity contribution in [2.24, 2.45) is 0 Å². The lowest BCUT2D eigenvalue weighted by molar-refractivity contribution is 1.15. The predicted molar refractivity (Wildman–Crippen MR) is 65.4 cm³/mol. The second-order valence-electron chi connectivity index (χ2n) is 3.83. The Bertz CT molecular complexity index is 489. The van der Waals surface area contributed by atoms with Crippen molar-refractivity contribution >= 4 is 16.7 Å². The number of hydrogen-bond donors (Lipinski definition) is 1. The highest BCUT2D eigenvalue weighted by Crippen LogP contribution is 2.21. The quantitative estimate of drug-likeness (QED) is 0.804. The molecule has 2 rings (SSSR count). The maximum atomic E-state index is 4.65. The van der Waals surface area contributed by atoms with Gasteiger partial charge in [-0.15, -0.1) is 0 Å². The smallest absolute Gasteiger partial charge is 0.129 e. The van der Waals surface area contributed by atoms with E-state index in [1.54, 1.807) is 0 Å². The summed E-state index contributed by atoms with van der Waals surface area (Å²) in [5.41, 5.74) is 3.53. The highest BCUT2D eigenvalue weighted by Gasteiger charge is 2.03.